The van der Waals surface area contributed by atoms with Crippen molar-refractivity contribution in [2.24, 2.45) is 0 Å². The molecule has 2 N–H and O–H groups in total. The molecule has 1 heterocycles. The molecule has 1 amide bonds. The van der Waals surface area contributed by atoms with Crippen molar-refractivity contribution in [3.8, 4) is 0 Å². The van der Waals surface area contributed by atoms with Crippen LogP contribution in [0.4, 0.5) is 0 Å². The van der Waals surface area contributed by atoms with Crippen molar-refractivity contribution >= 4 is 5.91 Å². The van der Waals surface area contributed by atoms with Gasteiger partial charge in [0.25, 0.3) is 0 Å². The highest BCUT2D eigenvalue weighted by molar-refractivity contribution is 5.75. The van der Waals surface area contributed by atoms with Crippen LogP contribution in [0.25, 0.3) is 0 Å². The van der Waals surface area contributed by atoms with E-state index in [0.29, 0.717) is 19.0 Å². The topological polar surface area (TPSA) is 41.1 Å². The lowest BCUT2D eigenvalue weighted by molar-refractivity contribution is -0.121. The second-order valence-corrected chi connectivity index (χ2v) is 5.45. The predicted molar refractivity (Wildman–Crippen MR) is 77.9 cm³/mol. The lowest BCUT2D eigenvalue weighted by atomic mass is 10.0. The molecule has 2 rings (SSSR count). The lowest BCUT2D eigenvalue weighted by Crippen LogP contribution is -2.35. The van der Waals surface area contributed by atoms with E-state index >= 15 is 0 Å². The van der Waals surface area contributed by atoms with Crippen molar-refractivity contribution in [1.82, 2.24) is 10.6 Å². The minimum atomic E-state index is 0.161. The highest BCUT2D eigenvalue weighted by atomic mass is 16.1. The number of hydrogen-bond acceptors (Lipinski definition) is 2. The van der Waals surface area contributed by atoms with Crippen molar-refractivity contribution in [1.29, 1.82) is 0 Å². The Kier molecular flexibility index (Phi) is 5.40. The van der Waals surface area contributed by atoms with Crippen LogP contribution in [0.3, 0.4) is 0 Å². The van der Waals surface area contributed by atoms with E-state index in [4.69, 9.17) is 0 Å². The third-order valence-corrected chi connectivity index (χ3v) is 3.70. The van der Waals surface area contributed by atoms with E-state index in [-0.39, 0.29) is 5.91 Å². The van der Waals surface area contributed by atoms with E-state index in [0.717, 1.165) is 13.0 Å². The molecular weight excluding hydrogens is 236 g/mol. The molecule has 1 atom stereocenters. The third-order valence-electron chi connectivity index (χ3n) is 3.70. The SMILES string of the molecule is Cc1cccc(CNC(=O)CCC2CCCCN2)c1. The number of piperidine rings is 1. The molecule has 1 fully saturated rings. The van der Waals surface area contributed by atoms with Crippen molar-refractivity contribution in [2.45, 2.75) is 51.6 Å². The van der Waals surface area contributed by atoms with E-state index in [1.165, 1.54) is 30.4 Å². The summed E-state index contributed by atoms with van der Waals surface area (Å²) in [7, 11) is 0. The molecule has 1 aromatic carbocycles. The number of rotatable bonds is 5. The highest BCUT2D eigenvalue weighted by Gasteiger charge is 2.13. The van der Waals surface area contributed by atoms with Crippen LogP contribution in [-0.2, 0) is 11.3 Å². The molecule has 1 saturated heterocycles. The Labute approximate surface area is 115 Å². The standard InChI is InChI=1S/C16H24N2O/c1-13-5-4-6-14(11-13)12-18-16(19)9-8-15-7-2-3-10-17-15/h4-6,11,15,17H,2-3,7-10,12H2,1H3,(H,18,19). The van der Waals surface area contributed by atoms with Gasteiger partial charge in [0.05, 0.1) is 0 Å². The van der Waals surface area contributed by atoms with E-state index < -0.39 is 0 Å². The lowest BCUT2D eigenvalue weighted by Gasteiger charge is -2.23. The fourth-order valence-corrected chi connectivity index (χ4v) is 2.59. The van der Waals surface area contributed by atoms with Crippen LogP contribution in [0.5, 0.6) is 0 Å². The molecule has 1 aromatic rings. The number of carbonyl (C=O) groups excluding carboxylic acids is 1. The molecule has 1 aliphatic rings. The van der Waals surface area contributed by atoms with Gasteiger partial charge in [-0.25, -0.2) is 0 Å². The minimum absolute atomic E-state index is 0.161. The van der Waals surface area contributed by atoms with Crippen molar-refractivity contribution in [3.63, 3.8) is 0 Å². The summed E-state index contributed by atoms with van der Waals surface area (Å²) in [5, 5.41) is 6.47. The van der Waals surface area contributed by atoms with E-state index in [1.807, 2.05) is 6.07 Å². The first-order chi connectivity index (χ1) is 9.24. The molecule has 0 aliphatic carbocycles. The first-order valence-corrected chi connectivity index (χ1v) is 7.29. The van der Waals surface area contributed by atoms with E-state index in [9.17, 15) is 4.79 Å². The average Bonchev–Trinajstić information content (AvgIpc) is 2.44. The number of amides is 1. The van der Waals surface area contributed by atoms with Gasteiger partial charge >= 0.3 is 0 Å². The summed E-state index contributed by atoms with van der Waals surface area (Å²) in [5.41, 5.74) is 2.40. The van der Waals surface area contributed by atoms with Crippen LogP contribution >= 0.6 is 0 Å². The predicted octanol–water partition coefficient (Wildman–Crippen LogP) is 2.53. The Balaban J connectivity index is 1.66. The Hall–Kier alpha value is -1.35. The summed E-state index contributed by atoms with van der Waals surface area (Å²) in [5.74, 6) is 0.161. The fourth-order valence-electron chi connectivity index (χ4n) is 2.59. The molecule has 1 aliphatic heterocycles. The number of carbonyl (C=O) groups is 1. The molecule has 3 nitrogen and oxygen atoms in total. The van der Waals surface area contributed by atoms with Gasteiger partial charge < -0.3 is 10.6 Å². The highest BCUT2D eigenvalue weighted by Crippen LogP contribution is 2.11. The second-order valence-electron chi connectivity index (χ2n) is 5.45. The van der Waals surface area contributed by atoms with Gasteiger partial charge in [0.1, 0.15) is 0 Å². The normalized spacial score (nSPS) is 19.1. The molecule has 0 saturated carbocycles. The molecule has 1 unspecified atom stereocenters. The van der Waals surface area contributed by atoms with Gasteiger partial charge in [-0.15, -0.1) is 0 Å². The number of benzene rings is 1. The average molecular weight is 260 g/mol. The smallest absolute Gasteiger partial charge is 0.220 e. The molecule has 104 valence electrons. The van der Waals surface area contributed by atoms with Crippen LogP contribution in [0, 0.1) is 6.92 Å². The fraction of sp³-hybridized carbons (Fsp3) is 0.562. The van der Waals surface area contributed by atoms with Gasteiger partial charge in [0.2, 0.25) is 5.91 Å². The Morgan fingerprint density at radius 1 is 1.42 bits per heavy atom. The summed E-state index contributed by atoms with van der Waals surface area (Å²) in [6.07, 6.45) is 5.37. The molecule has 0 spiro atoms. The maximum Gasteiger partial charge on any atom is 0.220 e. The van der Waals surface area contributed by atoms with Gasteiger partial charge in [0.15, 0.2) is 0 Å². The summed E-state index contributed by atoms with van der Waals surface area (Å²) in [4.78, 5) is 11.8. The number of aryl methyl sites for hydroxylation is 1. The van der Waals surface area contributed by atoms with Crippen molar-refractivity contribution in [3.05, 3.63) is 35.4 Å². The zero-order chi connectivity index (χ0) is 13.5. The minimum Gasteiger partial charge on any atom is -0.352 e. The van der Waals surface area contributed by atoms with Crippen LogP contribution in [0.2, 0.25) is 0 Å². The third kappa shape index (κ3) is 5.03. The maximum absolute atomic E-state index is 11.8. The number of hydrogen-bond donors (Lipinski definition) is 2. The van der Waals surface area contributed by atoms with Crippen LogP contribution in [0.1, 0.15) is 43.2 Å². The van der Waals surface area contributed by atoms with Gasteiger partial charge in [0, 0.05) is 19.0 Å². The molecule has 19 heavy (non-hydrogen) atoms. The molecular formula is C16H24N2O. The van der Waals surface area contributed by atoms with Crippen molar-refractivity contribution < 1.29 is 4.79 Å². The van der Waals surface area contributed by atoms with Crippen LogP contribution < -0.4 is 10.6 Å². The van der Waals surface area contributed by atoms with Gasteiger partial charge in [-0.1, -0.05) is 36.2 Å². The summed E-state index contributed by atoms with van der Waals surface area (Å²) in [6, 6.07) is 8.81. The zero-order valence-electron chi connectivity index (χ0n) is 11.7. The first-order valence-electron chi connectivity index (χ1n) is 7.29. The summed E-state index contributed by atoms with van der Waals surface area (Å²) in [6.45, 7) is 3.81. The molecule has 0 radical (unpaired) electrons. The maximum atomic E-state index is 11.8. The van der Waals surface area contributed by atoms with Gasteiger partial charge in [-0.3, -0.25) is 4.79 Å². The Bertz CT molecular complexity index is 411. The summed E-state index contributed by atoms with van der Waals surface area (Å²) < 4.78 is 0. The molecule has 0 aromatic heterocycles. The van der Waals surface area contributed by atoms with Crippen LogP contribution in [-0.4, -0.2) is 18.5 Å². The number of nitrogens with one attached hydrogen (secondary N) is 2. The molecule has 3 heteroatoms. The first kappa shape index (κ1) is 14.1. The van der Waals surface area contributed by atoms with E-state index in [2.05, 4.69) is 35.8 Å². The van der Waals surface area contributed by atoms with Gasteiger partial charge in [-0.2, -0.15) is 0 Å². The second kappa shape index (κ2) is 7.29. The van der Waals surface area contributed by atoms with Crippen molar-refractivity contribution in [2.75, 3.05) is 6.54 Å². The zero-order valence-corrected chi connectivity index (χ0v) is 11.7. The van der Waals surface area contributed by atoms with E-state index in [1.54, 1.807) is 0 Å². The molecule has 0 bridgehead atoms. The monoisotopic (exact) mass is 260 g/mol. The largest absolute Gasteiger partial charge is 0.352 e. The quantitative estimate of drug-likeness (QED) is 0.854. The van der Waals surface area contributed by atoms with Gasteiger partial charge in [-0.05, 0) is 38.3 Å². The summed E-state index contributed by atoms with van der Waals surface area (Å²) >= 11 is 0. The Morgan fingerprint density at radius 2 is 2.32 bits per heavy atom. The Morgan fingerprint density at radius 3 is 3.05 bits per heavy atom. The van der Waals surface area contributed by atoms with Crippen LogP contribution in [0.15, 0.2) is 24.3 Å².